The van der Waals surface area contributed by atoms with Crippen LogP contribution in [0.3, 0.4) is 0 Å². The molecule has 0 aromatic heterocycles. The number of amides is 1. The molecule has 0 spiro atoms. The van der Waals surface area contributed by atoms with Crippen molar-refractivity contribution in [2.24, 2.45) is 0 Å². The molecule has 138 valence electrons. The van der Waals surface area contributed by atoms with Crippen LogP contribution in [-0.4, -0.2) is 45.1 Å². The van der Waals surface area contributed by atoms with Crippen molar-refractivity contribution in [3.05, 3.63) is 23.4 Å². The lowest BCUT2D eigenvalue weighted by Gasteiger charge is -2.44. The van der Waals surface area contributed by atoms with Gasteiger partial charge in [-0.2, -0.15) is 0 Å². The molecule has 0 N–H and O–H groups in total. The van der Waals surface area contributed by atoms with Crippen LogP contribution in [0.1, 0.15) is 48.0 Å². The molecule has 1 atom stereocenters. The lowest BCUT2D eigenvalue weighted by Crippen LogP contribution is -2.54. The maximum atomic E-state index is 12.6. The van der Waals surface area contributed by atoms with Crippen molar-refractivity contribution in [3.63, 3.8) is 0 Å². The average Bonchev–Trinajstić information content (AvgIpc) is 2.40. The summed E-state index contributed by atoms with van der Waals surface area (Å²) in [4.78, 5) is 37.9. The Morgan fingerprint density at radius 3 is 2.24 bits per heavy atom. The van der Waals surface area contributed by atoms with Crippen molar-refractivity contribution in [2.75, 3.05) is 5.75 Å². The lowest BCUT2D eigenvalue weighted by molar-refractivity contribution is -0.157. The summed E-state index contributed by atoms with van der Waals surface area (Å²) in [5.41, 5.74) is -0.439. The van der Waals surface area contributed by atoms with Gasteiger partial charge < -0.3 is 9.47 Å². The number of nitrogens with zero attached hydrogens (tertiary/aromatic N) is 1. The molecular weight excluding hydrogens is 342 g/mol. The zero-order valence-corrected chi connectivity index (χ0v) is 16.4. The molecule has 0 aromatic carbocycles. The van der Waals surface area contributed by atoms with E-state index in [1.165, 1.54) is 11.0 Å². The van der Waals surface area contributed by atoms with Crippen molar-refractivity contribution in [3.8, 4) is 0 Å². The Morgan fingerprint density at radius 2 is 1.72 bits per heavy atom. The first-order valence-electron chi connectivity index (χ1n) is 8.18. The summed E-state index contributed by atoms with van der Waals surface area (Å²) in [6, 6.07) is 0. The van der Waals surface area contributed by atoms with Crippen LogP contribution in [0.2, 0.25) is 0 Å². The predicted molar refractivity (Wildman–Crippen MR) is 95.6 cm³/mol. The Labute approximate surface area is 152 Å². The van der Waals surface area contributed by atoms with Gasteiger partial charge in [-0.15, -0.1) is 11.8 Å². The fraction of sp³-hybridized carbons (Fsp3) is 0.611. The molecule has 0 radical (unpaired) electrons. The van der Waals surface area contributed by atoms with Crippen molar-refractivity contribution in [1.82, 2.24) is 4.90 Å². The van der Waals surface area contributed by atoms with Gasteiger partial charge in [0.25, 0.3) is 0 Å². The molecule has 0 saturated carbocycles. The summed E-state index contributed by atoms with van der Waals surface area (Å²) in [7, 11) is 0. The molecule has 6 nitrogen and oxygen atoms in total. The number of β-lactam (4-membered cyclic amide) rings is 1. The summed E-state index contributed by atoms with van der Waals surface area (Å²) in [5, 5.41) is -0.0336. The summed E-state index contributed by atoms with van der Waals surface area (Å²) in [6.07, 6.45) is 3.25. The zero-order valence-electron chi connectivity index (χ0n) is 15.5. The van der Waals surface area contributed by atoms with Gasteiger partial charge in [0.15, 0.2) is 0 Å². The molecule has 2 aliphatic rings. The molecule has 1 amide bonds. The first kappa shape index (κ1) is 19.6. The maximum Gasteiger partial charge on any atom is 0.355 e. The molecule has 0 unspecified atom stereocenters. The van der Waals surface area contributed by atoms with E-state index in [-0.39, 0.29) is 17.0 Å². The molecule has 2 rings (SSSR count). The van der Waals surface area contributed by atoms with Crippen molar-refractivity contribution in [1.29, 1.82) is 0 Å². The summed E-state index contributed by atoms with van der Waals surface area (Å²) in [6.45, 7) is 10.7. The van der Waals surface area contributed by atoms with E-state index < -0.39 is 23.1 Å². The van der Waals surface area contributed by atoms with Gasteiger partial charge in [-0.1, -0.05) is 0 Å². The molecule has 2 heterocycles. The van der Waals surface area contributed by atoms with Crippen LogP contribution in [0.4, 0.5) is 0 Å². The number of rotatable bonds is 3. The van der Waals surface area contributed by atoms with Gasteiger partial charge in [0, 0.05) is 11.8 Å². The number of carbonyl (C=O) groups excluding carboxylic acids is 3. The first-order chi connectivity index (χ1) is 11.4. The van der Waals surface area contributed by atoms with Gasteiger partial charge in [-0.3, -0.25) is 9.69 Å². The molecule has 25 heavy (non-hydrogen) atoms. The minimum absolute atomic E-state index is 0.0336. The number of carbonyl (C=O) groups is 3. The van der Waals surface area contributed by atoms with Gasteiger partial charge in [0.05, 0.1) is 11.8 Å². The lowest BCUT2D eigenvalue weighted by atomic mass is 10.1. The van der Waals surface area contributed by atoms with E-state index in [9.17, 15) is 14.4 Å². The van der Waals surface area contributed by atoms with Crippen LogP contribution in [-0.2, 0) is 23.9 Å². The van der Waals surface area contributed by atoms with E-state index in [1.807, 2.05) is 0 Å². The van der Waals surface area contributed by atoms with Crippen molar-refractivity contribution < 1.29 is 23.9 Å². The SMILES string of the molecule is CC(C)(C)OC(=O)C=CC1=C(C(=O)OC(C)(C)C)N2C(=O)C[C@H]2SC1. The monoisotopic (exact) mass is 367 g/mol. The molecule has 1 saturated heterocycles. The van der Waals surface area contributed by atoms with Gasteiger partial charge in [-0.25, -0.2) is 9.59 Å². The fourth-order valence-corrected chi connectivity index (χ4v) is 3.62. The molecule has 7 heteroatoms. The standard InChI is InChI=1S/C18H25NO5S/c1-17(2,3)23-14(21)8-7-11-10-25-13-9-12(20)19(13)15(11)16(22)24-18(4,5)6/h7-8,13H,9-10H2,1-6H3/t13-/m1/s1. The highest BCUT2D eigenvalue weighted by molar-refractivity contribution is 8.00. The van der Waals surface area contributed by atoms with E-state index >= 15 is 0 Å². The van der Waals surface area contributed by atoms with Gasteiger partial charge in [0.2, 0.25) is 5.91 Å². The largest absolute Gasteiger partial charge is 0.457 e. The molecule has 2 aliphatic heterocycles. The summed E-state index contributed by atoms with van der Waals surface area (Å²) in [5.74, 6) is -0.621. The average molecular weight is 367 g/mol. The van der Waals surface area contributed by atoms with Gasteiger partial charge >= 0.3 is 11.9 Å². The van der Waals surface area contributed by atoms with E-state index in [0.29, 0.717) is 17.7 Å². The van der Waals surface area contributed by atoms with E-state index in [4.69, 9.17) is 9.47 Å². The second-order valence-electron chi connectivity index (χ2n) is 7.98. The number of ether oxygens (including phenoxy) is 2. The van der Waals surface area contributed by atoms with Crippen molar-refractivity contribution in [2.45, 2.75) is 64.5 Å². The normalized spacial score (nSPS) is 21.1. The highest BCUT2D eigenvalue weighted by atomic mass is 32.2. The summed E-state index contributed by atoms with van der Waals surface area (Å²) >= 11 is 1.56. The Balaban J connectivity index is 2.28. The van der Waals surface area contributed by atoms with E-state index in [2.05, 4.69) is 0 Å². The van der Waals surface area contributed by atoms with E-state index in [0.717, 1.165) is 0 Å². The zero-order chi connectivity index (χ0) is 19.0. The van der Waals surface area contributed by atoms with Crippen LogP contribution < -0.4 is 0 Å². The third-order valence-electron chi connectivity index (χ3n) is 3.30. The quantitative estimate of drug-likeness (QED) is 0.434. The number of allylic oxidation sites excluding steroid dienone is 1. The Hall–Kier alpha value is -1.76. The van der Waals surface area contributed by atoms with Crippen LogP contribution in [0.25, 0.3) is 0 Å². The number of thioether (sulfide) groups is 1. The Bertz CT molecular complexity index is 651. The second kappa shape index (κ2) is 6.86. The van der Waals surface area contributed by atoms with Crippen LogP contribution in [0, 0.1) is 0 Å². The highest BCUT2D eigenvalue weighted by Crippen LogP contribution is 2.40. The number of hydrogen-bond donors (Lipinski definition) is 0. The molecule has 0 aromatic rings. The minimum atomic E-state index is -0.669. The minimum Gasteiger partial charge on any atom is -0.457 e. The molecular formula is C18H25NO5S. The topological polar surface area (TPSA) is 72.9 Å². The molecule has 0 aliphatic carbocycles. The van der Waals surface area contributed by atoms with Crippen LogP contribution in [0.15, 0.2) is 23.4 Å². The number of fused-ring (bicyclic) bond motifs is 1. The van der Waals surface area contributed by atoms with Crippen LogP contribution in [0.5, 0.6) is 0 Å². The molecule has 1 fully saturated rings. The third kappa shape index (κ3) is 5.11. The first-order valence-corrected chi connectivity index (χ1v) is 9.23. The Morgan fingerprint density at radius 1 is 1.12 bits per heavy atom. The van der Waals surface area contributed by atoms with Crippen molar-refractivity contribution >= 4 is 29.6 Å². The maximum absolute atomic E-state index is 12.6. The highest BCUT2D eigenvalue weighted by Gasteiger charge is 2.45. The third-order valence-corrected chi connectivity index (χ3v) is 4.54. The Kier molecular flexibility index (Phi) is 5.37. The summed E-state index contributed by atoms with van der Waals surface area (Å²) < 4.78 is 10.7. The van der Waals surface area contributed by atoms with E-state index in [1.54, 1.807) is 59.4 Å². The second-order valence-corrected chi connectivity index (χ2v) is 9.14. The van der Waals surface area contributed by atoms with Crippen LogP contribution >= 0.6 is 11.8 Å². The smallest absolute Gasteiger partial charge is 0.355 e. The fourth-order valence-electron chi connectivity index (χ4n) is 2.39. The van der Waals surface area contributed by atoms with Gasteiger partial charge in [0.1, 0.15) is 16.9 Å². The predicted octanol–water partition coefficient (Wildman–Crippen LogP) is 2.79. The number of esters is 2. The molecule has 0 bridgehead atoms. The number of hydrogen-bond acceptors (Lipinski definition) is 6. The van der Waals surface area contributed by atoms with Gasteiger partial charge in [-0.05, 0) is 53.2 Å².